The number of rotatable bonds is 7. The molecule has 0 radical (unpaired) electrons. The van der Waals surface area contributed by atoms with Crippen LogP contribution in [-0.2, 0) is 10.2 Å². The molecule has 0 aliphatic carbocycles. The van der Waals surface area contributed by atoms with Crippen LogP contribution in [0.5, 0.6) is 17.2 Å². The summed E-state index contributed by atoms with van der Waals surface area (Å²) in [6.45, 7) is 0. The van der Waals surface area contributed by atoms with Crippen LogP contribution in [0.4, 0.5) is 11.4 Å². The number of ketones is 2. The topological polar surface area (TPSA) is 94.2 Å². The molecular formula is C36H29BrN2O6. The van der Waals surface area contributed by atoms with E-state index < -0.39 is 29.2 Å². The zero-order valence-electron chi connectivity index (χ0n) is 24.7. The highest BCUT2D eigenvalue weighted by atomic mass is 79.9. The minimum absolute atomic E-state index is 0.233. The van der Waals surface area contributed by atoms with E-state index in [1.165, 1.54) is 21.3 Å². The third-order valence-electron chi connectivity index (χ3n) is 9.17. The molecule has 4 atom stereocenters. The molecular weight excluding hydrogens is 636 g/mol. The van der Waals surface area contributed by atoms with Crippen molar-refractivity contribution in [2.45, 2.75) is 17.5 Å². The normalized spacial score (nSPS) is 22.4. The molecule has 0 saturated carbocycles. The van der Waals surface area contributed by atoms with Crippen molar-refractivity contribution in [2.75, 3.05) is 31.5 Å². The van der Waals surface area contributed by atoms with Gasteiger partial charge in [0.15, 0.2) is 23.1 Å². The number of benzene rings is 4. The number of carbonyl (C=O) groups is 3. The number of nitrogens with one attached hydrogen (secondary N) is 1. The first-order chi connectivity index (χ1) is 21.8. The second kappa shape index (κ2) is 10.9. The fraction of sp³-hybridized carbons (Fsp3) is 0.194. The number of amides is 1. The zero-order chi connectivity index (χ0) is 31.5. The number of hydrogen-bond donors (Lipinski definition) is 1. The lowest BCUT2D eigenvalue weighted by Crippen LogP contribution is -2.51. The highest BCUT2D eigenvalue weighted by molar-refractivity contribution is 9.10. The molecule has 9 heteroatoms. The first-order valence-corrected chi connectivity index (χ1v) is 15.2. The van der Waals surface area contributed by atoms with Crippen molar-refractivity contribution < 1.29 is 28.6 Å². The molecule has 3 heterocycles. The SMILES string of the molecule is COc1cc(C(=O)[C@@H]2[C@@H](C(=O)c3ccc(Br)cc3)N3c4ccccc4C=C[C@@H]3[C@]23C(=O)Nc2ccccc23)cc(OC)c1OC. The molecule has 0 unspecified atom stereocenters. The molecule has 1 spiro atoms. The van der Waals surface area contributed by atoms with E-state index in [0.717, 1.165) is 15.7 Å². The predicted molar refractivity (Wildman–Crippen MR) is 175 cm³/mol. The quantitative estimate of drug-likeness (QED) is 0.231. The smallest absolute Gasteiger partial charge is 0.238 e. The van der Waals surface area contributed by atoms with E-state index >= 15 is 4.79 Å². The summed E-state index contributed by atoms with van der Waals surface area (Å²) in [5.74, 6) is -1.21. The molecule has 1 saturated heterocycles. The number of anilines is 2. The average Bonchev–Trinajstić information content (AvgIpc) is 3.55. The Balaban J connectivity index is 1.53. The monoisotopic (exact) mass is 664 g/mol. The number of hydrogen-bond acceptors (Lipinski definition) is 7. The molecule has 1 amide bonds. The Morgan fingerprint density at radius 2 is 1.49 bits per heavy atom. The molecule has 1 N–H and O–H groups in total. The molecule has 4 aromatic rings. The minimum Gasteiger partial charge on any atom is -0.493 e. The lowest BCUT2D eigenvalue weighted by Gasteiger charge is -2.37. The highest BCUT2D eigenvalue weighted by Crippen LogP contribution is 2.58. The second-order valence-corrected chi connectivity index (χ2v) is 12.1. The number of para-hydroxylation sites is 2. The molecule has 3 aliphatic heterocycles. The number of methoxy groups -OCH3 is 3. The highest BCUT2D eigenvalue weighted by Gasteiger charge is 2.70. The second-order valence-electron chi connectivity index (χ2n) is 11.2. The number of Topliss-reactive ketones (excluding diaryl/α,β-unsaturated/α-hetero) is 2. The summed E-state index contributed by atoms with van der Waals surface area (Å²) in [7, 11) is 4.44. The summed E-state index contributed by atoms with van der Waals surface area (Å²) in [4.78, 5) is 46.6. The van der Waals surface area contributed by atoms with Gasteiger partial charge in [-0.3, -0.25) is 14.4 Å². The van der Waals surface area contributed by atoms with Crippen LogP contribution in [0.25, 0.3) is 6.08 Å². The van der Waals surface area contributed by atoms with Crippen molar-refractivity contribution in [3.63, 3.8) is 0 Å². The lowest BCUT2D eigenvalue weighted by atomic mass is 9.64. The van der Waals surface area contributed by atoms with Crippen molar-refractivity contribution in [3.8, 4) is 17.2 Å². The Morgan fingerprint density at radius 1 is 0.822 bits per heavy atom. The van der Waals surface area contributed by atoms with Gasteiger partial charge in [0.05, 0.1) is 33.3 Å². The van der Waals surface area contributed by atoms with Crippen molar-refractivity contribution >= 4 is 50.9 Å². The maximum Gasteiger partial charge on any atom is 0.238 e. The Hall–Kier alpha value is -4.89. The van der Waals surface area contributed by atoms with E-state index in [-0.39, 0.29) is 17.3 Å². The number of halogens is 1. The summed E-state index contributed by atoms with van der Waals surface area (Å²) in [5, 5.41) is 3.05. The van der Waals surface area contributed by atoms with Crippen molar-refractivity contribution in [3.05, 3.63) is 118 Å². The van der Waals surface area contributed by atoms with E-state index in [2.05, 4.69) is 21.2 Å². The van der Waals surface area contributed by atoms with Gasteiger partial charge in [0, 0.05) is 27.0 Å². The van der Waals surface area contributed by atoms with Gasteiger partial charge >= 0.3 is 0 Å². The van der Waals surface area contributed by atoms with Crippen LogP contribution >= 0.6 is 15.9 Å². The average molecular weight is 666 g/mol. The number of fused-ring (bicyclic) bond motifs is 6. The van der Waals surface area contributed by atoms with Gasteiger partial charge in [-0.25, -0.2) is 0 Å². The number of ether oxygens (including phenoxy) is 3. The number of carbonyl (C=O) groups excluding carboxylic acids is 3. The van der Waals surface area contributed by atoms with Gasteiger partial charge in [0.25, 0.3) is 0 Å². The Kier molecular flexibility index (Phi) is 7.00. The molecule has 226 valence electrons. The molecule has 8 nitrogen and oxygen atoms in total. The molecule has 0 bridgehead atoms. The standard InChI is InChI=1S/C36H29BrN2O6/c1-43-27-18-22(19-28(44-2)34(27)45-3)32(40)30-31(33(41)21-12-15-23(37)16-13-21)39-26-11-7-4-8-20(26)14-17-29(39)36(30)24-9-5-6-10-25(24)38-35(36)42/h4-19,29-31H,1-3H3,(H,38,42)/t29-,30+,31+,36+/m1/s1. The van der Waals surface area contributed by atoms with Crippen LogP contribution in [0.2, 0.25) is 0 Å². The molecule has 4 aromatic carbocycles. The first-order valence-electron chi connectivity index (χ1n) is 14.5. The minimum atomic E-state index is -1.44. The summed E-state index contributed by atoms with van der Waals surface area (Å²) in [6, 6.07) is 23.7. The Morgan fingerprint density at radius 3 is 2.18 bits per heavy atom. The zero-order valence-corrected chi connectivity index (χ0v) is 26.3. The summed E-state index contributed by atoms with van der Waals surface area (Å²) >= 11 is 3.46. The maximum absolute atomic E-state index is 15.2. The summed E-state index contributed by atoms with van der Waals surface area (Å²) in [6.07, 6.45) is 3.92. The van der Waals surface area contributed by atoms with E-state index in [9.17, 15) is 9.59 Å². The maximum atomic E-state index is 15.2. The number of nitrogens with zero attached hydrogens (tertiary/aromatic N) is 1. The van der Waals surface area contributed by atoms with Gasteiger partial charge < -0.3 is 24.4 Å². The van der Waals surface area contributed by atoms with Gasteiger partial charge in [-0.2, -0.15) is 0 Å². The van der Waals surface area contributed by atoms with Crippen LogP contribution in [-0.4, -0.2) is 50.9 Å². The fourth-order valence-corrected chi connectivity index (χ4v) is 7.57. The van der Waals surface area contributed by atoms with Gasteiger partial charge in [-0.05, 0) is 47.5 Å². The molecule has 3 aliphatic rings. The molecule has 1 fully saturated rings. The van der Waals surface area contributed by atoms with Crippen LogP contribution in [0.3, 0.4) is 0 Å². The van der Waals surface area contributed by atoms with E-state index in [4.69, 9.17) is 14.2 Å². The van der Waals surface area contributed by atoms with Crippen molar-refractivity contribution in [2.24, 2.45) is 5.92 Å². The van der Waals surface area contributed by atoms with Gasteiger partial charge in [0.1, 0.15) is 11.5 Å². The van der Waals surface area contributed by atoms with E-state index in [1.807, 2.05) is 65.6 Å². The predicted octanol–water partition coefficient (Wildman–Crippen LogP) is 6.33. The molecule has 7 rings (SSSR count). The van der Waals surface area contributed by atoms with Crippen LogP contribution in [0, 0.1) is 5.92 Å². The van der Waals surface area contributed by atoms with E-state index in [1.54, 1.807) is 36.4 Å². The molecule has 45 heavy (non-hydrogen) atoms. The molecule has 0 aromatic heterocycles. The Bertz CT molecular complexity index is 1880. The van der Waals surface area contributed by atoms with Crippen molar-refractivity contribution in [1.82, 2.24) is 0 Å². The van der Waals surface area contributed by atoms with Crippen LogP contribution in [0.15, 0.2) is 95.5 Å². The van der Waals surface area contributed by atoms with Crippen LogP contribution < -0.4 is 24.4 Å². The Labute approximate surface area is 268 Å². The van der Waals surface area contributed by atoms with Crippen LogP contribution in [0.1, 0.15) is 31.8 Å². The summed E-state index contributed by atoms with van der Waals surface area (Å²) < 4.78 is 17.5. The van der Waals surface area contributed by atoms with Gasteiger partial charge in [0.2, 0.25) is 11.7 Å². The van der Waals surface area contributed by atoms with Gasteiger partial charge in [-0.1, -0.05) is 76.6 Å². The first kappa shape index (κ1) is 28.9. The lowest BCUT2D eigenvalue weighted by molar-refractivity contribution is -0.121. The largest absolute Gasteiger partial charge is 0.493 e. The third-order valence-corrected chi connectivity index (χ3v) is 9.70. The van der Waals surface area contributed by atoms with Gasteiger partial charge in [-0.15, -0.1) is 0 Å². The third kappa shape index (κ3) is 4.14. The van der Waals surface area contributed by atoms with E-state index in [0.29, 0.717) is 34.1 Å². The fourth-order valence-electron chi connectivity index (χ4n) is 7.31. The van der Waals surface area contributed by atoms with Crippen molar-refractivity contribution in [1.29, 1.82) is 0 Å². The summed E-state index contributed by atoms with van der Waals surface area (Å²) in [5.41, 5.74) is 2.19.